The second-order valence-corrected chi connectivity index (χ2v) is 12.7. The minimum atomic E-state index is -4.20. The van der Waals surface area contributed by atoms with Gasteiger partial charge in [0.2, 0.25) is 11.8 Å². The van der Waals surface area contributed by atoms with Gasteiger partial charge in [-0.3, -0.25) is 13.9 Å². The third-order valence-corrected chi connectivity index (χ3v) is 8.90. The number of benzene rings is 3. The van der Waals surface area contributed by atoms with Crippen molar-refractivity contribution in [2.24, 2.45) is 0 Å². The van der Waals surface area contributed by atoms with Crippen molar-refractivity contribution in [2.75, 3.05) is 10.8 Å². The minimum absolute atomic E-state index is 0.0200. The number of anilines is 1. The van der Waals surface area contributed by atoms with Gasteiger partial charge in [0.25, 0.3) is 10.0 Å². The van der Waals surface area contributed by atoms with Crippen LogP contribution in [0.3, 0.4) is 0 Å². The lowest BCUT2D eigenvalue weighted by molar-refractivity contribution is -0.140. The first-order chi connectivity index (χ1) is 18.8. The number of nitrogens with zero attached hydrogens (tertiary/aromatic N) is 2. The first kappa shape index (κ1) is 31.5. The van der Waals surface area contributed by atoms with Crippen LogP contribution in [0.1, 0.15) is 43.9 Å². The van der Waals surface area contributed by atoms with Crippen LogP contribution in [0.25, 0.3) is 0 Å². The van der Waals surface area contributed by atoms with Crippen LogP contribution in [0, 0.1) is 13.8 Å². The summed E-state index contributed by atoms with van der Waals surface area (Å²) in [7, 11) is -4.20. The summed E-state index contributed by atoms with van der Waals surface area (Å²) in [5, 5.41) is 3.29. The number of nitrogens with one attached hydrogen (secondary N) is 1. The number of sulfonamides is 1. The molecule has 214 valence electrons. The van der Waals surface area contributed by atoms with Gasteiger partial charge in [0.05, 0.1) is 20.6 Å². The van der Waals surface area contributed by atoms with Gasteiger partial charge in [-0.05, 0) is 70.0 Å². The molecule has 3 aromatic rings. The minimum Gasteiger partial charge on any atom is -0.352 e. The van der Waals surface area contributed by atoms with Gasteiger partial charge < -0.3 is 10.2 Å². The molecule has 7 nitrogen and oxygen atoms in total. The van der Waals surface area contributed by atoms with E-state index in [4.69, 9.17) is 23.2 Å². The van der Waals surface area contributed by atoms with Crippen molar-refractivity contribution >= 4 is 50.7 Å². The smallest absolute Gasteiger partial charge is 0.264 e. The molecule has 0 aliphatic heterocycles. The van der Waals surface area contributed by atoms with Crippen LogP contribution in [0.2, 0.25) is 10.0 Å². The van der Waals surface area contributed by atoms with Crippen molar-refractivity contribution in [3.8, 4) is 0 Å². The first-order valence-electron chi connectivity index (χ1n) is 13.0. The number of amides is 2. The van der Waals surface area contributed by atoms with E-state index in [1.54, 1.807) is 12.1 Å². The van der Waals surface area contributed by atoms with Crippen molar-refractivity contribution in [2.45, 2.75) is 64.6 Å². The summed E-state index contributed by atoms with van der Waals surface area (Å²) in [5.41, 5.74) is 2.94. The average Bonchev–Trinajstić information content (AvgIpc) is 2.89. The molecule has 3 aromatic carbocycles. The number of aryl methyl sites for hydroxylation is 2. The Kier molecular flexibility index (Phi) is 10.6. The Morgan fingerprint density at radius 3 is 1.98 bits per heavy atom. The van der Waals surface area contributed by atoms with Crippen molar-refractivity contribution in [1.29, 1.82) is 0 Å². The third kappa shape index (κ3) is 7.77. The molecule has 0 aromatic heterocycles. The Morgan fingerprint density at radius 2 is 1.45 bits per heavy atom. The van der Waals surface area contributed by atoms with Gasteiger partial charge in [-0.15, -0.1) is 0 Å². The lowest BCUT2D eigenvalue weighted by Crippen LogP contribution is -2.53. The quantitative estimate of drug-likeness (QED) is 0.285. The number of hydrogen-bond donors (Lipinski definition) is 1. The van der Waals surface area contributed by atoms with E-state index < -0.39 is 28.5 Å². The highest BCUT2D eigenvalue weighted by Crippen LogP contribution is 2.31. The van der Waals surface area contributed by atoms with Gasteiger partial charge in [0, 0.05) is 12.6 Å². The molecule has 2 amide bonds. The molecule has 0 aliphatic rings. The fraction of sp³-hybridized carbons (Fsp3) is 0.333. The highest BCUT2D eigenvalue weighted by molar-refractivity contribution is 7.92. The summed E-state index contributed by atoms with van der Waals surface area (Å²) in [5.74, 6) is -0.839. The van der Waals surface area contributed by atoms with Crippen LogP contribution in [0.4, 0.5) is 5.69 Å². The predicted octanol–water partition coefficient (Wildman–Crippen LogP) is 6.14. The summed E-state index contributed by atoms with van der Waals surface area (Å²) < 4.78 is 28.8. The standard InChI is InChI=1S/C30H35Cl2N3O4S/c1-6-28(30(37)33-20(2)3)34(18-23-11-7-21(4)8-12-23)29(36)19-35(24-13-16-26(31)27(32)17-24)40(38,39)25-14-9-22(5)10-15-25/h7-17,20,28H,6,18-19H2,1-5H3,(H,33,37)/t28-/m1/s1. The topological polar surface area (TPSA) is 86.8 Å². The SMILES string of the molecule is CC[C@H](C(=O)NC(C)C)N(Cc1ccc(C)cc1)C(=O)CN(c1ccc(Cl)c(Cl)c1)S(=O)(=O)c1ccc(C)cc1. The molecule has 0 saturated heterocycles. The number of halogens is 2. The Morgan fingerprint density at radius 1 is 0.875 bits per heavy atom. The first-order valence-corrected chi connectivity index (χ1v) is 15.2. The van der Waals surface area contributed by atoms with E-state index in [0.29, 0.717) is 6.42 Å². The van der Waals surface area contributed by atoms with Crippen molar-refractivity contribution in [3.05, 3.63) is 93.5 Å². The molecule has 0 saturated carbocycles. The van der Waals surface area contributed by atoms with E-state index in [-0.39, 0.29) is 39.1 Å². The summed E-state index contributed by atoms with van der Waals surface area (Å²) in [4.78, 5) is 28.7. The molecular formula is C30H35Cl2N3O4S. The molecule has 0 bridgehead atoms. The molecule has 0 unspecified atom stereocenters. The zero-order valence-corrected chi connectivity index (χ0v) is 25.6. The Labute approximate surface area is 247 Å². The normalized spacial score (nSPS) is 12.2. The fourth-order valence-electron chi connectivity index (χ4n) is 4.20. The van der Waals surface area contributed by atoms with Crippen LogP contribution in [-0.2, 0) is 26.2 Å². The van der Waals surface area contributed by atoms with Gasteiger partial charge in [-0.1, -0.05) is 77.7 Å². The number of rotatable bonds is 11. The Bertz CT molecular complexity index is 1440. The van der Waals surface area contributed by atoms with Crippen LogP contribution < -0.4 is 9.62 Å². The Balaban J connectivity index is 2.08. The largest absolute Gasteiger partial charge is 0.352 e. The molecule has 0 heterocycles. The van der Waals surface area contributed by atoms with Crippen LogP contribution in [0.15, 0.2) is 71.6 Å². The lowest BCUT2D eigenvalue weighted by atomic mass is 10.1. The van der Waals surface area contributed by atoms with Gasteiger partial charge in [-0.25, -0.2) is 8.42 Å². The highest BCUT2D eigenvalue weighted by atomic mass is 35.5. The molecule has 3 rings (SSSR count). The van der Waals surface area contributed by atoms with E-state index in [0.717, 1.165) is 21.0 Å². The summed E-state index contributed by atoms with van der Waals surface area (Å²) in [6.45, 7) is 8.90. The highest BCUT2D eigenvalue weighted by Gasteiger charge is 2.34. The number of carbonyl (C=O) groups is 2. The van der Waals surface area contributed by atoms with Crippen molar-refractivity contribution in [1.82, 2.24) is 10.2 Å². The lowest BCUT2D eigenvalue weighted by Gasteiger charge is -2.33. The summed E-state index contributed by atoms with van der Waals surface area (Å²) >= 11 is 12.4. The summed E-state index contributed by atoms with van der Waals surface area (Å²) in [6, 6.07) is 17.5. The zero-order chi connectivity index (χ0) is 29.6. The van der Waals surface area contributed by atoms with E-state index in [1.165, 1.54) is 35.2 Å². The van der Waals surface area contributed by atoms with Crippen LogP contribution >= 0.6 is 23.2 Å². The fourth-order valence-corrected chi connectivity index (χ4v) is 5.90. The maximum atomic E-state index is 14.1. The molecular weight excluding hydrogens is 569 g/mol. The van der Waals surface area contributed by atoms with Crippen molar-refractivity contribution in [3.63, 3.8) is 0 Å². The third-order valence-electron chi connectivity index (χ3n) is 6.37. The Hall–Kier alpha value is -3.07. The maximum Gasteiger partial charge on any atom is 0.264 e. The number of carbonyl (C=O) groups excluding carboxylic acids is 2. The second-order valence-electron chi connectivity index (χ2n) is 10.0. The van der Waals surface area contributed by atoms with Gasteiger partial charge >= 0.3 is 0 Å². The average molecular weight is 605 g/mol. The zero-order valence-electron chi connectivity index (χ0n) is 23.3. The maximum absolute atomic E-state index is 14.1. The van der Waals surface area contributed by atoms with Gasteiger partial charge in [-0.2, -0.15) is 0 Å². The molecule has 40 heavy (non-hydrogen) atoms. The van der Waals surface area contributed by atoms with Gasteiger partial charge in [0.15, 0.2) is 0 Å². The molecule has 0 spiro atoms. The van der Waals surface area contributed by atoms with E-state index in [2.05, 4.69) is 5.32 Å². The molecule has 10 heteroatoms. The molecule has 0 aliphatic carbocycles. The molecule has 0 radical (unpaired) electrons. The predicted molar refractivity (Wildman–Crippen MR) is 161 cm³/mol. The number of hydrogen-bond acceptors (Lipinski definition) is 4. The van der Waals surface area contributed by atoms with Crippen LogP contribution in [0.5, 0.6) is 0 Å². The second kappa shape index (κ2) is 13.5. The van der Waals surface area contributed by atoms with Gasteiger partial charge in [0.1, 0.15) is 12.6 Å². The molecule has 0 fully saturated rings. The van der Waals surface area contributed by atoms with E-state index in [9.17, 15) is 18.0 Å². The monoisotopic (exact) mass is 603 g/mol. The van der Waals surface area contributed by atoms with E-state index in [1.807, 2.05) is 58.9 Å². The van der Waals surface area contributed by atoms with E-state index >= 15 is 0 Å². The molecule has 1 atom stereocenters. The summed E-state index contributed by atoms with van der Waals surface area (Å²) in [6.07, 6.45) is 0.341. The van der Waals surface area contributed by atoms with Crippen molar-refractivity contribution < 1.29 is 18.0 Å². The molecule has 1 N–H and O–H groups in total. The van der Waals surface area contributed by atoms with Crippen LogP contribution in [-0.4, -0.2) is 43.8 Å².